The zero-order valence-electron chi connectivity index (χ0n) is 10.5. The lowest BCUT2D eigenvalue weighted by molar-refractivity contribution is -0.128. The van der Waals surface area contributed by atoms with Gasteiger partial charge in [-0.05, 0) is 19.3 Å². The molecule has 96 valence electrons. The van der Waals surface area contributed by atoms with Gasteiger partial charge in [-0.15, -0.1) is 11.3 Å². The Morgan fingerprint density at radius 3 is 2.89 bits per heavy atom. The summed E-state index contributed by atoms with van der Waals surface area (Å²) in [4.78, 5) is 16.5. The van der Waals surface area contributed by atoms with E-state index in [9.17, 15) is 10.1 Å². The number of aromatic nitrogens is 1. The SMILES string of the molecule is CCC(NC(=O)C1(C#N)CCCC1)c1nccs1. The van der Waals surface area contributed by atoms with Gasteiger partial charge in [0.05, 0.1) is 12.1 Å². The molecule has 4 nitrogen and oxygen atoms in total. The van der Waals surface area contributed by atoms with E-state index in [-0.39, 0.29) is 11.9 Å². The van der Waals surface area contributed by atoms with Crippen LogP contribution in [0.3, 0.4) is 0 Å². The summed E-state index contributed by atoms with van der Waals surface area (Å²) >= 11 is 1.54. The van der Waals surface area contributed by atoms with Crippen molar-refractivity contribution in [3.05, 3.63) is 16.6 Å². The van der Waals surface area contributed by atoms with Crippen LogP contribution in [0, 0.1) is 16.7 Å². The van der Waals surface area contributed by atoms with Gasteiger partial charge >= 0.3 is 0 Å². The molecule has 1 heterocycles. The Labute approximate surface area is 111 Å². The number of carbonyl (C=O) groups excluding carboxylic acids is 1. The molecule has 0 radical (unpaired) electrons. The number of rotatable bonds is 4. The fraction of sp³-hybridized carbons (Fsp3) is 0.615. The van der Waals surface area contributed by atoms with Gasteiger partial charge in [0.1, 0.15) is 10.4 Å². The first-order valence-electron chi connectivity index (χ1n) is 6.33. The lowest BCUT2D eigenvalue weighted by atomic mass is 9.86. The lowest BCUT2D eigenvalue weighted by Crippen LogP contribution is -2.40. The second-order valence-corrected chi connectivity index (χ2v) is 5.63. The largest absolute Gasteiger partial charge is 0.345 e. The molecule has 1 N–H and O–H groups in total. The van der Waals surface area contributed by atoms with E-state index in [2.05, 4.69) is 16.4 Å². The first-order chi connectivity index (χ1) is 8.72. The van der Waals surface area contributed by atoms with Crippen molar-refractivity contribution in [2.75, 3.05) is 0 Å². The first kappa shape index (κ1) is 13.0. The Balaban J connectivity index is 2.08. The Kier molecular flexibility index (Phi) is 3.97. The second kappa shape index (κ2) is 5.49. The summed E-state index contributed by atoms with van der Waals surface area (Å²) in [5.74, 6) is -0.121. The summed E-state index contributed by atoms with van der Waals surface area (Å²) in [5, 5.41) is 15.1. The van der Waals surface area contributed by atoms with E-state index in [0.717, 1.165) is 24.3 Å². The van der Waals surface area contributed by atoms with Crippen LogP contribution < -0.4 is 5.32 Å². The summed E-state index contributed by atoms with van der Waals surface area (Å²) in [6.45, 7) is 2.01. The minimum Gasteiger partial charge on any atom is -0.345 e. The number of hydrogen-bond donors (Lipinski definition) is 1. The maximum atomic E-state index is 12.3. The highest BCUT2D eigenvalue weighted by atomic mass is 32.1. The molecular formula is C13H17N3OS. The number of carbonyl (C=O) groups is 1. The van der Waals surface area contributed by atoms with E-state index in [1.165, 1.54) is 11.3 Å². The summed E-state index contributed by atoms with van der Waals surface area (Å²) in [5.41, 5.74) is -0.801. The average Bonchev–Trinajstić information content (AvgIpc) is 3.06. The molecule has 0 aliphatic heterocycles. The smallest absolute Gasteiger partial charge is 0.241 e. The number of thiazole rings is 1. The van der Waals surface area contributed by atoms with E-state index < -0.39 is 5.41 Å². The summed E-state index contributed by atoms with van der Waals surface area (Å²) in [6.07, 6.45) is 5.84. The highest BCUT2D eigenvalue weighted by Crippen LogP contribution is 2.38. The number of hydrogen-bond acceptors (Lipinski definition) is 4. The maximum absolute atomic E-state index is 12.3. The normalized spacial score (nSPS) is 19.1. The zero-order valence-corrected chi connectivity index (χ0v) is 11.3. The van der Waals surface area contributed by atoms with Crippen molar-refractivity contribution in [1.82, 2.24) is 10.3 Å². The average molecular weight is 263 g/mol. The molecule has 1 amide bonds. The summed E-state index contributed by atoms with van der Waals surface area (Å²) < 4.78 is 0. The molecule has 1 atom stereocenters. The summed E-state index contributed by atoms with van der Waals surface area (Å²) in [7, 11) is 0. The van der Waals surface area contributed by atoms with Crippen molar-refractivity contribution in [2.24, 2.45) is 5.41 Å². The highest BCUT2D eigenvalue weighted by molar-refractivity contribution is 7.09. The van der Waals surface area contributed by atoms with E-state index in [4.69, 9.17) is 0 Å². The number of nitrogens with one attached hydrogen (secondary N) is 1. The third-order valence-corrected chi connectivity index (χ3v) is 4.46. The van der Waals surface area contributed by atoms with Crippen molar-refractivity contribution in [3.63, 3.8) is 0 Å². The molecular weight excluding hydrogens is 246 g/mol. The van der Waals surface area contributed by atoms with Gasteiger partial charge in [0.25, 0.3) is 0 Å². The van der Waals surface area contributed by atoms with Crippen LogP contribution >= 0.6 is 11.3 Å². The topological polar surface area (TPSA) is 65.8 Å². The predicted octanol–water partition coefficient (Wildman–Crippen LogP) is 2.79. The van der Waals surface area contributed by atoms with E-state index in [1.807, 2.05) is 12.3 Å². The van der Waals surface area contributed by atoms with Gasteiger partial charge in [-0.1, -0.05) is 19.8 Å². The number of amides is 1. The minimum absolute atomic E-state index is 0.0664. The molecule has 5 heteroatoms. The van der Waals surface area contributed by atoms with Crippen LogP contribution in [0.5, 0.6) is 0 Å². The Bertz CT molecular complexity index is 443. The van der Waals surface area contributed by atoms with Crippen LogP contribution in [0.1, 0.15) is 50.1 Å². The second-order valence-electron chi connectivity index (χ2n) is 4.71. The van der Waals surface area contributed by atoms with Gasteiger partial charge in [-0.3, -0.25) is 4.79 Å². The molecule has 1 saturated carbocycles. The molecule has 2 rings (SSSR count). The molecule has 18 heavy (non-hydrogen) atoms. The number of nitriles is 1. The molecule has 1 unspecified atom stereocenters. The van der Waals surface area contributed by atoms with Crippen LogP contribution in [0.4, 0.5) is 0 Å². The molecule has 1 aromatic rings. The standard InChI is InChI=1S/C13H17N3OS/c1-2-10(11-15-7-8-18-11)16-12(17)13(9-14)5-3-4-6-13/h7-8,10H,2-6H2,1H3,(H,16,17). The summed E-state index contributed by atoms with van der Waals surface area (Å²) in [6, 6.07) is 2.16. The van der Waals surface area contributed by atoms with Crippen LogP contribution in [-0.4, -0.2) is 10.9 Å². The van der Waals surface area contributed by atoms with Gasteiger partial charge in [0.2, 0.25) is 5.91 Å². The van der Waals surface area contributed by atoms with Crippen molar-refractivity contribution in [1.29, 1.82) is 5.26 Å². The highest BCUT2D eigenvalue weighted by Gasteiger charge is 2.42. The van der Waals surface area contributed by atoms with E-state index in [0.29, 0.717) is 12.8 Å². The molecule has 1 aliphatic rings. The van der Waals surface area contributed by atoms with Crippen LogP contribution in [0.15, 0.2) is 11.6 Å². The van der Waals surface area contributed by atoms with Gasteiger partial charge in [-0.25, -0.2) is 4.98 Å². The van der Waals surface area contributed by atoms with Gasteiger partial charge in [0.15, 0.2) is 0 Å². The van der Waals surface area contributed by atoms with Gasteiger partial charge < -0.3 is 5.32 Å². The Hall–Kier alpha value is -1.41. The van der Waals surface area contributed by atoms with Crippen molar-refractivity contribution in [3.8, 4) is 6.07 Å². The first-order valence-corrected chi connectivity index (χ1v) is 7.21. The van der Waals surface area contributed by atoms with E-state index >= 15 is 0 Å². The number of nitrogens with zero attached hydrogens (tertiary/aromatic N) is 2. The molecule has 0 saturated heterocycles. The van der Waals surface area contributed by atoms with Crippen LogP contribution in [-0.2, 0) is 4.79 Å². The quantitative estimate of drug-likeness (QED) is 0.908. The third kappa shape index (κ3) is 2.39. The fourth-order valence-corrected chi connectivity index (χ4v) is 3.18. The maximum Gasteiger partial charge on any atom is 0.241 e. The monoisotopic (exact) mass is 263 g/mol. The fourth-order valence-electron chi connectivity index (χ4n) is 2.41. The van der Waals surface area contributed by atoms with E-state index in [1.54, 1.807) is 6.20 Å². The molecule has 0 spiro atoms. The van der Waals surface area contributed by atoms with Gasteiger partial charge in [0, 0.05) is 11.6 Å². The molecule has 1 aliphatic carbocycles. The van der Waals surface area contributed by atoms with Crippen LogP contribution in [0.2, 0.25) is 0 Å². The third-order valence-electron chi connectivity index (χ3n) is 3.57. The Morgan fingerprint density at radius 1 is 1.67 bits per heavy atom. The predicted molar refractivity (Wildman–Crippen MR) is 69.8 cm³/mol. The molecule has 0 bridgehead atoms. The Morgan fingerprint density at radius 2 is 2.39 bits per heavy atom. The minimum atomic E-state index is -0.801. The van der Waals surface area contributed by atoms with Crippen molar-refractivity contribution >= 4 is 17.2 Å². The van der Waals surface area contributed by atoms with Crippen LogP contribution in [0.25, 0.3) is 0 Å². The molecule has 1 aromatic heterocycles. The zero-order chi connectivity index (χ0) is 13.0. The molecule has 1 fully saturated rings. The van der Waals surface area contributed by atoms with Gasteiger partial charge in [-0.2, -0.15) is 5.26 Å². The lowest BCUT2D eigenvalue weighted by Gasteiger charge is -2.23. The van der Waals surface area contributed by atoms with Crippen molar-refractivity contribution < 1.29 is 4.79 Å². The van der Waals surface area contributed by atoms with Crippen molar-refractivity contribution in [2.45, 2.75) is 45.1 Å². The molecule has 0 aromatic carbocycles.